The molecule has 0 radical (unpaired) electrons. The van der Waals surface area contributed by atoms with Crippen LogP contribution in [0.2, 0.25) is 0 Å². The minimum Gasteiger partial charge on any atom is -0.393 e. The van der Waals surface area contributed by atoms with Crippen LogP contribution < -0.4 is 0 Å². The van der Waals surface area contributed by atoms with Crippen molar-refractivity contribution >= 4 is 0 Å². The highest BCUT2D eigenvalue weighted by atomic mass is 16.3. The second kappa shape index (κ2) is 2.49. The van der Waals surface area contributed by atoms with E-state index in [4.69, 9.17) is 5.26 Å². The number of aliphatic hydroxyl groups is 1. The summed E-state index contributed by atoms with van der Waals surface area (Å²) in [6, 6.07) is 2.31. The van der Waals surface area contributed by atoms with Gasteiger partial charge in [-0.1, -0.05) is 0 Å². The van der Waals surface area contributed by atoms with Crippen LogP contribution >= 0.6 is 0 Å². The van der Waals surface area contributed by atoms with Crippen LogP contribution in [-0.4, -0.2) is 11.2 Å². The second-order valence-electron chi connectivity index (χ2n) is 3.88. The maximum Gasteiger partial charge on any atom is 0.0659 e. The quantitative estimate of drug-likeness (QED) is 0.567. The summed E-state index contributed by atoms with van der Waals surface area (Å²) < 4.78 is 0. The highest BCUT2D eigenvalue weighted by Crippen LogP contribution is 2.45. The molecule has 0 amide bonds. The Labute approximate surface area is 66.8 Å². The third-order valence-electron chi connectivity index (χ3n) is 3.24. The van der Waals surface area contributed by atoms with E-state index in [-0.39, 0.29) is 12.0 Å². The molecule has 2 fully saturated rings. The van der Waals surface area contributed by atoms with Crippen LogP contribution in [0.3, 0.4) is 0 Å². The second-order valence-corrected chi connectivity index (χ2v) is 3.88. The Morgan fingerprint density at radius 1 is 1.27 bits per heavy atom. The van der Waals surface area contributed by atoms with Gasteiger partial charge in [-0.05, 0) is 31.6 Å². The van der Waals surface area contributed by atoms with E-state index in [9.17, 15) is 5.11 Å². The molecule has 0 spiro atoms. The zero-order chi connectivity index (χ0) is 7.84. The maximum atomic E-state index is 9.55. The average Bonchev–Trinajstić information content (AvgIpc) is 2.37. The van der Waals surface area contributed by atoms with Gasteiger partial charge in [0, 0.05) is 5.92 Å². The predicted octanol–water partition coefficient (Wildman–Crippen LogP) is 1.31. The molecule has 4 atom stereocenters. The third kappa shape index (κ3) is 1.04. The number of nitriles is 1. The van der Waals surface area contributed by atoms with Gasteiger partial charge in [-0.15, -0.1) is 0 Å². The standard InChI is InChI=1S/C9H13NO/c10-5-7-3-6-1-2-9(11)8(7)4-6/h6-9,11H,1-4H2/t6-,7-,8-,9+/m0/s1. The van der Waals surface area contributed by atoms with Crippen LogP contribution in [-0.2, 0) is 0 Å². The topological polar surface area (TPSA) is 44.0 Å². The summed E-state index contributed by atoms with van der Waals surface area (Å²) in [5.41, 5.74) is 0. The number of fused-ring (bicyclic) bond motifs is 2. The molecule has 11 heavy (non-hydrogen) atoms. The van der Waals surface area contributed by atoms with Crippen molar-refractivity contribution in [3.05, 3.63) is 0 Å². The van der Waals surface area contributed by atoms with Crippen LogP contribution in [0.5, 0.6) is 0 Å². The summed E-state index contributed by atoms with van der Waals surface area (Å²) in [4.78, 5) is 0. The number of hydrogen-bond donors (Lipinski definition) is 1. The maximum absolute atomic E-state index is 9.55. The molecular weight excluding hydrogens is 138 g/mol. The van der Waals surface area contributed by atoms with Crippen molar-refractivity contribution in [3.63, 3.8) is 0 Å². The van der Waals surface area contributed by atoms with Gasteiger partial charge < -0.3 is 5.11 Å². The minimum absolute atomic E-state index is 0.150. The van der Waals surface area contributed by atoms with Gasteiger partial charge >= 0.3 is 0 Å². The predicted molar refractivity (Wildman–Crippen MR) is 40.6 cm³/mol. The fourth-order valence-corrected chi connectivity index (χ4v) is 2.61. The molecule has 2 bridgehead atoms. The molecule has 60 valence electrons. The van der Waals surface area contributed by atoms with E-state index < -0.39 is 0 Å². The molecule has 2 heteroatoms. The molecule has 0 aromatic rings. The zero-order valence-electron chi connectivity index (χ0n) is 6.53. The van der Waals surface area contributed by atoms with Crippen LogP contribution in [0.1, 0.15) is 25.7 Å². The Bertz CT molecular complexity index is 196. The van der Waals surface area contributed by atoms with E-state index in [0.29, 0.717) is 5.92 Å². The fraction of sp³-hybridized carbons (Fsp3) is 0.889. The van der Waals surface area contributed by atoms with Crippen LogP contribution in [0, 0.1) is 29.1 Å². The molecule has 2 aliphatic carbocycles. The Balaban J connectivity index is 2.14. The molecule has 0 heterocycles. The van der Waals surface area contributed by atoms with Gasteiger partial charge in [0.2, 0.25) is 0 Å². The Kier molecular flexibility index (Phi) is 1.61. The molecule has 2 nitrogen and oxygen atoms in total. The van der Waals surface area contributed by atoms with E-state index in [1.807, 2.05) is 0 Å². The summed E-state index contributed by atoms with van der Waals surface area (Å²) >= 11 is 0. The van der Waals surface area contributed by atoms with E-state index in [0.717, 1.165) is 31.6 Å². The van der Waals surface area contributed by atoms with Gasteiger partial charge in [-0.3, -0.25) is 0 Å². The van der Waals surface area contributed by atoms with Gasteiger partial charge in [0.05, 0.1) is 18.1 Å². The Hall–Kier alpha value is -0.550. The number of aliphatic hydroxyl groups excluding tert-OH is 1. The molecule has 0 aromatic carbocycles. The molecule has 0 unspecified atom stereocenters. The van der Waals surface area contributed by atoms with Crippen molar-refractivity contribution < 1.29 is 5.11 Å². The van der Waals surface area contributed by atoms with Gasteiger partial charge in [-0.2, -0.15) is 5.26 Å². The summed E-state index contributed by atoms with van der Waals surface area (Å²) in [5.74, 6) is 1.20. The number of nitrogens with zero attached hydrogens (tertiary/aromatic N) is 1. The molecular formula is C9H13NO. The highest BCUT2D eigenvalue weighted by Gasteiger charge is 2.41. The summed E-state index contributed by atoms with van der Waals surface area (Å²) in [6.07, 6.45) is 4.01. The lowest BCUT2D eigenvalue weighted by atomic mass is 9.85. The van der Waals surface area contributed by atoms with Crippen molar-refractivity contribution in [1.82, 2.24) is 0 Å². The molecule has 0 aliphatic heterocycles. The average molecular weight is 151 g/mol. The Morgan fingerprint density at radius 2 is 2.09 bits per heavy atom. The summed E-state index contributed by atoms with van der Waals surface area (Å²) in [6.45, 7) is 0. The molecule has 0 saturated heterocycles. The van der Waals surface area contributed by atoms with Crippen molar-refractivity contribution in [3.8, 4) is 6.07 Å². The first-order valence-corrected chi connectivity index (χ1v) is 4.39. The Morgan fingerprint density at radius 3 is 2.82 bits per heavy atom. The van der Waals surface area contributed by atoms with Gasteiger partial charge in [0.15, 0.2) is 0 Å². The SMILES string of the molecule is N#C[C@@H]1C[C@@H]2CC[C@@H](O)[C@H]1C2. The first-order valence-electron chi connectivity index (χ1n) is 4.39. The van der Waals surface area contributed by atoms with Crippen molar-refractivity contribution in [2.75, 3.05) is 0 Å². The van der Waals surface area contributed by atoms with E-state index in [2.05, 4.69) is 6.07 Å². The lowest BCUT2D eigenvalue weighted by Crippen LogP contribution is -2.25. The summed E-state index contributed by atoms with van der Waals surface area (Å²) in [5, 5.41) is 18.3. The van der Waals surface area contributed by atoms with Crippen LogP contribution in [0.15, 0.2) is 0 Å². The van der Waals surface area contributed by atoms with E-state index in [1.54, 1.807) is 0 Å². The molecule has 0 aromatic heterocycles. The van der Waals surface area contributed by atoms with Crippen LogP contribution in [0.4, 0.5) is 0 Å². The van der Waals surface area contributed by atoms with Gasteiger partial charge in [0.25, 0.3) is 0 Å². The summed E-state index contributed by atoms with van der Waals surface area (Å²) in [7, 11) is 0. The highest BCUT2D eigenvalue weighted by molar-refractivity contribution is 5.00. The van der Waals surface area contributed by atoms with Crippen molar-refractivity contribution in [2.24, 2.45) is 17.8 Å². The molecule has 2 rings (SSSR count). The molecule has 2 aliphatic rings. The molecule has 1 N–H and O–H groups in total. The van der Waals surface area contributed by atoms with Crippen LogP contribution in [0.25, 0.3) is 0 Å². The van der Waals surface area contributed by atoms with Gasteiger partial charge in [-0.25, -0.2) is 0 Å². The monoisotopic (exact) mass is 151 g/mol. The normalized spacial score (nSPS) is 48.7. The minimum atomic E-state index is -0.182. The third-order valence-corrected chi connectivity index (χ3v) is 3.24. The fourth-order valence-electron chi connectivity index (χ4n) is 2.61. The smallest absolute Gasteiger partial charge is 0.0659 e. The van der Waals surface area contributed by atoms with Crippen molar-refractivity contribution in [2.45, 2.75) is 31.8 Å². The van der Waals surface area contributed by atoms with Crippen molar-refractivity contribution in [1.29, 1.82) is 5.26 Å². The molecule has 2 saturated carbocycles. The largest absolute Gasteiger partial charge is 0.393 e. The lowest BCUT2D eigenvalue weighted by Gasteiger charge is -2.24. The first-order chi connectivity index (χ1) is 5.31. The van der Waals surface area contributed by atoms with E-state index >= 15 is 0 Å². The lowest BCUT2D eigenvalue weighted by molar-refractivity contribution is 0.0680. The number of rotatable bonds is 0. The first kappa shape index (κ1) is 7.12. The number of hydrogen-bond acceptors (Lipinski definition) is 2. The van der Waals surface area contributed by atoms with E-state index in [1.165, 1.54) is 0 Å². The van der Waals surface area contributed by atoms with Gasteiger partial charge in [0.1, 0.15) is 0 Å². The zero-order valence-corrected chi connectivity index (χ0v) is 6.53.